The first-order valence-corrected chi connectivity index (χ1v) is 6.39. The van der Waals surface area contributed by atoms with Gasteiger partial charge in [-0.2, -0.15) is 0 Å². The van der Waals surface area contributed by atoms with Crippen LogP contribution in [0.15, 0.2) is 29.8 Å². The van der Waals surface area contributed by atoms with Gasteiger partial charge in [-0.05, 0) is 31.2 Å². The number of ether oxygens (including phenoxy) is 2. The van der Waals surface area contributed by atoms with Gasteiger partial charge in [-0.1, -0.05) is 11.6 Å². The summed E-state index contributed by atoms with van der Waals surface area (Å²) in [5.74, 6) is 1.24. The molecule has 0 unspecified atom stereocenters. The van der Waals surface area contributed by atoms with Crippen molar-refractivity contribution in [3.63, 3.8) is 0 Å². The maximum Gasteiger partial charge on any atom is 0.251 e. The van der Waals surface area contributed by atoms with E-state index in [1.165, 1.54) is 5.57 Å². The number of hydrogen-bond donors (Lipinski definition) is 2. The highest BCUT2D eigenvalue weighted by atomic mass is 35.5. The van der Waals surface area contributed by atoms with Gasteiger partial charge in [-0.25, -0.2) is 0 Å². The van der Waals surface area contributed by atoms with Crippen LogP contribution in [0.25, 0.3) is 0 Å². The molecule has 2 N–H and O–H groups in total. The van der Waals surface area contributed by atoms with Gasteiger partial charge in [0.15, 0.2) is 11.5 Å². The smallest absolute Gasteiger partial charge is 0.251 e. The number of amides is 1. The lowest BCUT2D eigenvalue weighted by atomic mass is 10.1. The second kappa shape index (κ2) is 6.63. The van der Waals surface area contributed by atoms with E-state index in [1.54, 1.807) is 18.2 Å². The molecule has 2 heterocycles. The fraction of sp³-hybridized carbons (Fsp3) is 0.357. The lowest BCUT2D eigenvalue weighted by molar-refractivity contribution is 0.0956. The van der Waals surface area contributed by atoms with Crippen LogP contribution in [-0.4, -0.2) is 32.3 Å². The maximum absolute atomic E-state index is 12.0. The summed E-state index contributed by atoms with van der Waals surface area (Å²) < 4.78 is 10.5. The molecule has 2 aliphatic rings. The normalized spacial score (nSPS) is 16.1. The molecule has 0 aliphatic carbocycles. The molecule has 20 heavy (non-hydrogen) atoms. The molecule has 0 saturated heterocycles. The molecule has 108 valence electrons. The first kappa shape index (κ1) is 14.7. The average molecular weight is 297 g/mol. The van der Waals surface area contributed by atoms with Crippen LogP contribution in [0.5, 0.6) is 11.5 Å². The highest BCUT2D eigenvalue weighted by Crippen LogP contribution is 2.32. The molecule has 0 saturated carbocycles. The van der Waals surface area contributed by atoms with Gasteiger partial charge in [0.25, 0.3) is 5.91 Å². The van der Waals surface area contributed by atoms with Crippen LogP contribution in [0.1, 0.15) is 16.8 Å². The second-order valence-corrected chi connectivity index (χ2v) is 4.57. The van der Waals surface area contributed by atoms with Gasteiger partial charge in [0.1, 0.15) is 0 Å². The molecule has 0 bridgehead atoms. The van der Waals surface area contributed by atoms with Crippen LogP contribution < -0.4 is 20.1 Å². The lowest BCUT2D eigenvalue weighted by Crippen LogP contribution is -2.29. The number of fused-ring (bicyclic) bond motifs is 1. The first-order valence-electron chi connectivity index (χ1n) is 6.39. The van der Waals surface area contributed by atoms with Crippen molar-refractivity contribution in [2.24, 2.45) is 0 Å². The van der Waals surface area contributed by atoms with E-state index >= 15 is 0 Å². The predicted molar refractivity (Wildman–Crippen MR) is 77.7 cm³/mol. The molecule has 5 nitrogen and oxygen atoms in total. The summed E-state index contributed by atoms with van der Waals surface area (Å²) in [6, 6.07) is 5.23. The summed E-state index contributed by atoms with van der Waals surface area (Å²) >= 11 is 0. The van der Waals surface area contributed by atoms with Crippen molar-refractivity contribution in [2.75, 3.05) is 26.4 Å². The van der Waals surface area contributed by atoms with Crippen molar-refractivity contribution in [1.82, 2.24) is 10.6 Å². The van der Waals surface area contributed by atoms with E-state index in [1.807, 2.05) is 0 Å². The van der Waals surface area contributed by atoms with Crippen LogP contribution >= 0.6 is 12.4 Å². The molecule has 6 heteroatoms. The highest BCUT2D eigenvalue weighted by Gasteiger charge is 2.16. The minimum Gasteiger partial charge on any atom is -0.454 e. The minimum absolute atomic E-state index is 0. The fourth-order valence-corrected chi connectivity index (χ4v) is 2.16. The summed E-state index contributed by atoms with van der Waals surface area (Å²) in [5.41, 5.74) is 1.87. The maximum atomic E-state index is 12.0. The van der Waals surface area contributed by atoms with Crippen molar-refractivity contribution < 1.29 is 14.3 Å². The molecular weight excluding hydrogens is 280 g/mol. The molecule has 0 fully saturated rings. The largest absolute Gasteiger partial charge is 0.454 e. The Morgan fingerprint density at radius 3 is 2.95 bits per heavy atom. The Bertz CT molecular complexity index is 531. The second-order valence-electron chi connectivity index (χ2n) is 4.57. The molecule has 3 rings (SSSR count). The standard InChI is InChI=1S/C14H16N2O3.ClH/c17-14(16-8-10-3-5-15-6-4-10)11-1-2-12-13(7-11)19-9-18-12;/h1-3,7,15H,4-6,8-9H2,(H,16,17);1H. The first-order chi connectivity index (χ1) is 9.33. The van der Waals surface area contributed by atoms with Gasteiger partial charge in [0.2, 0.25) is 6.79 Å². The Hall–Kier alpha value is -1.72. The van der Waals surface area contributed by atoms with E-state index < -0.39 is 0 Å². The van der Waals surface area contributed by atoms with E-state index in [-0.39, 0.29) is 25.1 Å². The van der Waals surface area contributed by atoms with Crippen molar-refractivity contribution in [3.8, 4) is 11.5 Å². The van der Waals surface area contributed by atoms with Crippen LogP contribution in [0, 0.1) is 0 Å². The van der Waals surface area contributed by atoms with E-state index in [0.29, 0.717) is 23.6 Å². The molecule has 0 radical (unpaired) electrons. The van der Waals surface area contributed by atoms with Crippen LogP contribution in [0.2, 0.25) is 0 Å². The average Bonchev–Trinajstić information content (AvgIpc) is 2.93. The highest BCUT2D eigenvalue weighted by molar-refractivity contribution is 5.95. The number of benzene rings is 1. The Kier molecular flexibility index (Phi) is 4.87. The molecule has 2 aliphatic heterocycles. The third-order valence-corrected chi connectivity index (χ3v) is 3.27. The fourth-order valence-electron chi connectivity index (χ4n) is 2.16. The zero-order chi connectivity index (χ0) is 13.1. The third kappa shape index (κ3) is 3.23. The topological polar surface area (TPSA) is 59.6 Å². The number of nitrogens with one attached hydrogen (secondary N) is 2. The summed E-state index contributed by atoms with van der Waals surface area (Å²) in [6.45, 7) is 2.69. The van der Waals surface area contributed by atoms with Crippen molar-refractivity contribution >= 4 is 18.3 Å². The summed E-state index contributed by atoms with van der Waals surface area (Å²) in [6.07, 6.45) is 3.12. The Labute approximate surface area is 123 Å². The van der Waals surface area contributed by atoms with Gasteiger partial charge < -0.3 is 20.1 Å². The zero-order valence-electron chi connectivity index (χ0n) is 11.0. The van der Waals surface area contributed by atoms with Gasteiger partial charge in [-0.15, -0.1) is 12.4 Å². The van der Waals surface area contributed by atoms with Crippen molar-refractivity contribution in [2.45, 2.75) is 6.42 Å². The van der Waals surface area contributed by atoms with E-state index in [9.17, 15) is 4.79 Å². The Balaban J connectivity index is 0.00000147. The molecule has 0 atom stereocenters. The zero-order valence-corrected chi connectivity index (χ0v) is 11.8. The number of carbonyl (C=O) groups excluding carboxylic acids is 1. The van der Waals surface area contributed by atoms with E-state index in [4.69, 9.17) is 9.47 Å². The molecule has 1 aromatic carbocycles. The van der Waals surface area contributed by atoms with Crippen molar-refractivity contribution in [3.05, 3.63) is 35.4 Å². The number of rotatable bonds is 3. The SMILES string of the molecule is Cl.O=C(NCC1=CCNCC1)c1ccc2c(c1)OCO2. The molecule has 0 spiro atoms. The third-order valence-electron chi connectivity index (χ3n) is 3.27. The van der Waals surface area contributed by atoms with Crippen LogP contribution in [0.3, 0.4) is 0 Å². The molecule has 1 amide bonds. The monoisotopic (exact) mass is 296 g/mol. The quantitative estimate of drug-likeness (QED) is 0.830. The Morgan fingerprint density at radius 2 is 2.15 bits per heavy atom. The number of halogens is 1. The Morgan fingerprint density at radius 1 is 1.30 bits per heavy atom. The lowest BCUT2D eigenvalue weighted by Gasteiger charge is -2.14. The number of hydrogen-bond acceptors (Lipinski definition) is 4. The molecule has 0 aromatic heterocycles. The minimum atomic E-state index is -0.0854. The summed E-state index contributed by atoms with van der Waals surface area (Å²) in [4.78, 5) is 12.0. The van der Waals surface area contributed by atoms with E-state index in [2.05, 4.69) is 16.7 Å². The van der Waals surface area contributed by atoms with Crippen LogP contribution in [0.4, 0.5) is 0 Å². The molecular formula is C14H17ClN2O3. The predicted octanol–water partition coefficient (Wildman–Crippen LogP) is 1.49. The van der Waals surface area contributed by atoms with Gasteiger partial charge in [-0.3, -0.25) is 4.79 Å². The van der Waals surface area contributed by atoms with Gasteiger partial charge >= 0.3 is 0 Å². The summed E-state index contributed by atoms with van der Waals surface area (Å²) in [7, 11) is 0. The van der Waals surface area contributed by atoms with Gasteiger partial charge in [0.05, 0.1) is 0 Å². The molecule has 1 aromatic rings. The number of carbonyl (C=O) groups is 1. The van der Waals surface area contributed by atoms with E-state index in [0.717, 1.165) is 19.5 Å². The van der Waals surface area contributed by atoms with Crippen molar-refractivity contribution in [1.29, 1.82) is 0 Å². The van der Waals surface area contributed by atoms with Gasteiger partial charge in [0, 0.05) is 18.7 Å². The summed E-state index contributed by atoms with van der Waals surface area (Å²) in [5, 5.41) is 6.17. The van der Waals surface area contributed by atoms with Crippen LogP contribution in [-0.2, 0) is 0 Å².